The third-order valence-corrected chi connectivity index (χ3v) is 7.88. The fourth-order valence-corrected chi connectivity index (χ4v) is 5.94. The van der Waals surface area contributed by atoms with Crippen LogP contribution in [0.4, 0.5) is 0 Å². The van der Waals surface area contributed by atoms with Gasteiger partial charge in [-0.25, -0.2) is 9.78 Å². The number of aliphatic hydroxyl groups is 1. The molecule has 0 fully saturated rings. The molecule has 0 unspecified atom stereocenters. The lowest BCUT2D eigenvalue weighted by Gasteiger charge is -2.14. The number of aliphatic hydroxyl groups excluding tert-OH is 1. The number of fused-ring (bicyclic) bond motifs is 3. The highest BCUT2D eigenvalue weighted by molar-refractivity contribution is 5.93. The standard InChI is InChI=1S/C34H28N4O3/c1-21-15-26(23-7-3-2-4-8-23)17-30-33(21)36-32(20-39)38(30)19-22-11-14-28-25(16-22)13-12-24-9-5-6-10-27(24)29(28)18-31-35-34(40)41-37-31/h2-11,14-18,39H,12-13,19-20H2,1H3,(H,35,37,40)/b29-18+. The van der Waals surface area contributed by atoms with Gasteiger partial charge in [-0.05, 0) is 88.1 Å². The molecule has 0 saturated heterocycles. The first kappa shape index (κ1) is 25.0. The molecule has 41 heavy (non-hydrogen) atoms. The third-order valence-electron chi connectivity index (χ3n) is 7.88. The Balaban J connectivity index is 1.32. The maximum atomic E-state index is 11.6. The van der Waals surface area contributed by atoms with Gasteiger partial charge >= 0.3 is 5.76 Å². The van der Waals surface area contributed by atoms with Crippen molar-refractivity contribution in [3.05, 3.63) is 141 Å². The lowest BCUT2D eigenvalue weighted by atomic mass is 9.92. The Morgan fingerprint density at radius 2 is 1.71 bits per heavy atom. The molecule has 7 nitrogen and oxygen atoms in total. The Kier molecular flexibility index (Phi) is 6.21. The number of benzene rings is 4. The number of imidazole rings is 1. The second-order valence-corrected chi connectivity index (χ2v) is 10.5. The number of rotatable bonds is 5. The molecule has 2 aromatic heterocycles. The molecule has 1 aliphatic rings. The van der Waals surface area contributed by atoms with E-state index in [0.717, 1.165) is 62.8 Å². The molecule has 4 aromatic carbocycles. The SMILES string of the molecule is Cc1cc(-c2ccccc2)cc2c1nc(CO)n2Cc1ccc2c(c1)CCc1ccccc1/C2=C\c1noc(=O)[nH]1. The quantitative estimate of drug-likeness (QED) is 0.283. The number of hydrogen-bond acceptors (Lipinski definition) is 5. The molecule has 7 rings (SSSR count). The number of aromatic amines is 1. The van der Waals surface area contributed by atoms with Crippen molar-refractivity contribution in [2.75, 3.05) is 0 Å². The predicted molar refractivity (Wildman–Crippen MR) is 159 cm³/mol. The van der Waals surface area contributed by atoms with Crippen LogP contribution in [-0.4, -0.2) is 24.8 Å². The van der Waals surface area contributed by atoms with Gasteiger partial charge in [0.25, 0.3) is 0 Å². The largest absolute Gasteiger partial charge is 0.439 e. The number of nitrogens with zero attached hydrogens (tertiary/aromatic N) is 3. The van der Waals surface area contributed by atoms with Gasteiger partial charge in [-0.1, -0.05) is 78.0 Å². The van der Waals surface area contributed by atoms with Gasteiger partial charge in [-0.15, -0.1) is 0 Å². The first-order chi connectivity index (χ1) is 20.1. The third kappa shape index (κ3) is 4.60. The van der Waals surface area contributed by atoms with Gasteiger partial charge in [-0.3, -0.25) is 9.51 Å². The highest BCUT2D eigenvalue weighted by Gasteiger charge is 2.20. The molecule has 0 saturated carbocycles. The summed E-state index contributed by atoms with van der Waals surface area (Å²) in [5.74, 6) is 0.456. The molecule has 2 N–H and O–H groups in total. The molecule has 0 atom stereocenters. The summed E-state index contributed by atoms with van der Waals surface area (Å²) in [5, 5.41) is 14.1. The molecule has 0 aliphatic heterocycles. The Morgan fingerprint density at radius 3 is 2.51 bits per heavy atom. The van der Waals surface area contributed by atoms with Crippen molar-refractivity contribution < 1.29 is 9.63 Å². The van der Waals surface area contributed by atoms with E-state index >= 15 is 0 Å². The van der Waals surface area contributed by atoms with E-state index in [9.17, 15) is 9.90 Å². The summed E-state index contributed by atoms with van der Waals surface area (Å²) >= 11 is 0. The van der Waals surface area contributed by atoms with E-state index in [1.54, 1.807) is 0 Å². The van der Waals surface area contributed by atoms with Gasteiger partial charge in [0.1, 0.15) is 12.4 Å². The van der Waals surface area contributed by atoms with Crippen molar-refractivity contribution in [1.82, 2.24) is 19.7 Å². The van der Waals surface area contributed by atoms with Crippen molar-refractivity contribution in [1.29, 1.82) is 0 Å². The van der Waals surface area contributed by atoms with Gasteiger partial charge in [0.15, 0.2) is 5.82 Å². The maximum absolute atomic E-state index is 11.6. The van der Waals surface area contributed by atoms with Crippen molar-refractivity contribution in [3.8, 4) is 11.1 Å². The van der Waals surface area contributed by atoms with Crippen LogP contribution in [0.5, 0.6) is 0 Å². The van der Waals surface area contributed by atoms with Crippen molar-refractivity contribution in [3.63, 3.8) is 0 Å². The molecule has 0 bridgehead atoms. The van der Waals surface area contributed by atoms with Gasteiger partial charge < -0.3 is 9.67 Å². The minimum absolute atomic E-state index is 0.141. The molecular formula is C34H28N4O3. The summed E-state index contributed by atoms with van der Waals surface area (Å²) in [4.78, 5) is 19.1. The van der Waals surface area contributed by atoms with Crippen LogP contribution in [0.15, 0.2) is 94.2 Å². The molecule has 0 radical (unpaired) electrons. The fourth-order valence-electron chi connectivity index (χ4n) is 5.94. The molecule has 0 amide bonds. The molecular weight excluding hydrogens is 512 g/mol. The second kappa shape index (κ2) is 10.2. The van der Waals surface area contributed by atoms with Crippen LogP contribution in [0.2, 0.25) is 0 Å². The number of aromatic nitrogens is 4. The molecule has 2 heterocycles. The molecule has 0 spiro atoms. The van der Waals surface area contributed by atoms with E-state index in [-0.39, 0.29) is 6.61 Å². The fraction of sp³-hybridized carbons (Fsp3) is 0.147. The van der Waals surface area contributed by atoms with Gasteiger partial charge in [0, 0.05) is 6.54 Å². The van der Waals surface area contributed by atoms with E-state index < -0.39 is 5.76 Å². The highest BCUT2D eigenvalue weighted by atomic mass is 16.5. The zero-order valence-electron chi connectivity index (χ0n) is 22.6. The Morgan fingerprint density at radius 1 is 0.927 bits per heavy atom. The summed E-state index contributed by atoms with van der Waals surface area (Å²) in [5.41, 5.74) is 12.1. The lowest BCUT2D eigenvalue weighted by Crippen LogP contribution is -2.06. The van der Waals surface area contributed by atoms with Crippen LogP contribution in [0.1, 0.15) is 45.0 Å². The van der Waals surface area contributed by atoms with E-state index in [0.29, 0.717) is 18.2 Å². The van der Waals surface area contributed by atoms with E-state index in [2.05, 4.69) is 82.3 Å². The van der Waals surface area contributed by atoms with Crippen molar-refractivity contribution >= 4 is 22.7 Å². The number of nitrogens with one attached hydrogen (secondary N) is 1. The predicted octanol–water partition coefficient (Wildman–Crippen LogP) is 5.92. The van der Waals surface area contributed by atoms with Crippen molar-refractivity contribution in [2.45, 2.75) is 32.9 Å². The average molecular weight is 541 g/mol. The number of H-pyrrole nitrogens is 1. The van der Waals surface area contributed by atoms with Crippen LogP contribution in [0.3, 0.4) is 0 Å². The summed E-state index contributed by atoms with van der Waals surface area (Å²) in [6.45, 7) is 2.51. The lowest BCUT2D eigenvalue weighted by molar-refractivity contribution is 0.267. The monoisotopic (exact) mass is 540 g/mol. The van der Waals surface area contributed by atoms with Gasteiger partial charge in [0.2, 0.25) is 0 Å². The summed E-state index contributed by atoms with van der Waals surface area (Å²) in [6.07, 6.45) is 3.66. The Bertz CT molecular complexity index is 2000. The number of hydrogen-bond donors (Lipinski definition) is 2. The van der Waals surface area contributed by atoms with Crippen LogP contribution in [0.25, 0.3) is 33.8 Å². The van der Waals surface area contributed by atoms with Crippen LogP contribution < -0.4 is 5.76 Å². The van der Waals surface area contributed by atoms with Crippen LogP contribution in [0, 0.1) is 6.92 Å². The summed E-state index contributed by atoms with van der Waals surface area (Å²) < 4.78 is 6.88. The summed E-state index contributed by atoms with van der Waals surface area (Å²) in [6, 6.07) is 29.5. The van der Waals surface area contributed by atoms with E-state index in [1.807, 2.05) is 30.3 Å². The van der Waals surface area contributed by atoms with Crippen LogP contribution in [-0.2, 0) is 26.0 Å². The molecule has 6 aromatic rings. The number of aryl methyl sites for hydroxylation is 3. The van der Waals surface area contributed by atoms with E-state index in [1.165, 1.54) is 11.1 Å². The molecule has 202 valence electrons. The highest BCUT2D eigenvalue weighted by Crippen LogP contribution is 2.36. The van der Waals surface area contributed by atoms with Gasteiger partial charge in [0.05, 0.1) is 11.0 Å². The van der Waals surface area contributed by atoms with Crippen LogP contribution >= 0.6 is 0 Å². The maximum Gasteiger partial charge on any atom is 0.439 e. The average Bonchev–Trinajstić information content (AvgIpc) is 3.54. The Hall–Kier alpha value is -5.01. The zero-order chi connectivity index (χ0) is 27.9. The first-order valence-electron chi connectivity index (χ1n) is 13.7. The minimum atomic E-state index is -0.577. The van der Waals surface area contributed by atoms with Gasteiger partial charge in [-0.2, -0.15) is 0 Å². The smallest absolute Gasteiger partial charge is 0.388 e. The second-order valence-electron chi connectivity index (χ2n) is 10.5. The topological polar surface area (TPSA) is 96.9 Å². The summed E-state index contributed by atoms with van der Waals surface area (Å²) in [7, 11) is 0. The van der Waals surface area contributed by atoms with Crippen molar-refractivity contribution in [2.24, 2.45) is 0 Å². The zero-order valence-corrected chi connectivity index (χ0v) is 22.6. The molecule has 1 aliphatic carbocycles. The minimum Gasteiger partial charge on any atom is -0.388 e. The molecule has 7 heteroatoms. The Labute approximate surface area is 236 Å². The van der Waals surface area contributed by atoms with E-state index in [4.69, 9.17) is 9.51 Å². The first-order valence-corrected chi connectivity index (χ1v) is 13.7. The normalized spacial score (nSPS) is 13.8.